The van der Waals surface area contributed by atoms with Gasteiger partial charge >= 0.3 is 0 Å². The zero-order chi connectivity index (χ0) is 16.2. The summed E-state index contributed by atoms with van der Waals surface area (Å²) in [6.07, 6.45) is -0.0199. The normalized spacial score (nSPS) is 12.3. The maximum Gasteiger partial charge on any atom is 0.199 e. The van der Waals surface area contributed by atoms with Gasteiger partial charge in [-0.05, 0) is 41.8 Å². The Bertz CT molecular complexity index is 787. The van der Waals surface area contributed by atoms with E-state index in [1.807, 2.05) is 43.6 Å². The molecule has 3 rings (SSSR count). The minimum atomic E-state index is -1.83. The van der Waals surface area contributed by atoms with Crippen molar-refractivity contribution in [3.63, 3.8) is 0 Å². The molecule has 0 aliphatic carbocycles. The number of thiophene rings is 1. The summed E-state index contributed by atoms with van der Waals surface area (Å²) in [6, 6.07) is 11.9. The fraction of sp³-hybridized carbons (Fsp3) is 0.235. The van der Waals surface area contributed by atoms with Crippen LogP contribution in [0, 0.1) is 0 Å². The zero-order valence-electron chi connectivity index (χ0n) is 12.6. The molecule has 0 saturated heterocycles. The van der Waals surface area contributed by atoms with Crippen LogP contribution in [-0.4, -0.2) is 30.1 Å². The molecule has 0 aliphatic rings. The highest BCUT2D eigenvalue weighted by atomic mass is 32.1. The van der Waals surface area contributed by atoms with E-state index in [-0.39, 0.29) is 13.0 Å². The molecule has 0 unspecified atom stereocenters. The Hall–Kier alpha value is -2.18. The van der Waals surface area contributed by atoms with Crippen molar-refractivity contribution in [1.29, 1.82) is 0 Å². The number of alkyl halides is 1. The van der Waals surface area contributed by atoms with E-state index in [2.05, 4.69) is 16.4 Å². The second-order valence-corrected chi connectivity index (χ2v) is 6.15. The summed E-state index contributed by atoms with van der Waals surface area (Å²) < 4.78 is 18.9. The number of rotatable bonds is 6. The molecule has 0 radical (unpaired) electrons. The monoisotopic (exact) mass is 332 g/mol. The quantitative estimate of drug-likeness (QED) is 0.715. The Kier molecular flexibility index (Phi) is 4.73. The molecule has 6 heteroatoms. The lowest BCUT2D eigenvalue weighted by molar-refractivity contribution is 0.0231. The lowest BCUT2D eigenvalue weighted by atomic mass is 10.2. The number of nitrogens with one attached hydrogen (secondary N) is 1. The Balaban J connectivity index is 1.80. The second kappa shape index (κ2) is 6.93. The molecule has 0 bridgehead atoms. The summed E-state index contributed by atoms with van der Waals surface area (Å²) in [4.78, 5) is 5.46. The first-order valence-electron chi connectivity index (χ1n) is 7.28. The minimum absolute atomic E-state index is 0.0305. The van der Waals surface area contributed by atoms with E-state index in [0.717, 1.165) is 26.3 Å². The van der Waals surface area contributed by atoms with Gasteiger partial charge in [0.05, 0.1) is 6.61 Å². The largest absolute Gasteiger partial charge is 0.493 e. The number of pyridine rings is 1. The van der Waals surface area contributed by atoms with Crippen LogP contribution >= 0.6 is 11.3 Å². The van der Waals surface area contributed by atoms with E-state index in [9.17, 15) is 4.39 Å². The highest BCUT2D eigenvalue weighted by Gasteiger charge is 2.07. The van der Waals surface area contributed by atoms with Gasteiger partial charge < -0.3 is 15.2 Å². The van der Waals surface area contributed by atoms with Gasteiger partial charge in [0.15, 0.2) is 6.36 Å². The predicted molar refractivity (Wildman–Crippen MR) is 91.8 cm³/mol. The number of aliphatic hydroxyl groups is 1. The van der Waals surface area contributed by atoms with Crippen molar-refractivity contribution in [3.8, 4) is 16.2 Å². The third-order valence-corrected chi connectivity index (χ3v) is 4.57. The van der Waals surface area contributed by atoms with Crippen LogP contribution in [0.15, 0.2) is 42.6 Å². The van der Waals surface area contributed by atoms with Gasteiger partial charge in [0.2, 0.25) is 0 Å². The number of aliphatic hydroxyl groups excluding tert-OH is 1. The Morgan fingerprint density at radius 2 is 2.17 bits per heavy atom. The summed E-state index contributed by atoms with van der Waals surface area (Å²) in [7, 11) is 1.84. The van der Waals surface area contributed by atoms with Gasteiger partial charge in [-0.2, -0.15) is 0 Å². The van der Waals surface area contributed by atoms with Crippen molar-refractivity contribution >= 4 is 27.2 Å². The Labute approximate surface area is 137 Å². The SMILES string of the molecule is CNc1ccc(-c2cc3ccc(OCC[C@@H](O)F)cc3s2)cn1. The van der Waals surface area contributed by atoms with E-state index in [4.69, 9.17) is 9.84 Å². The Morgan fingerprint density at radius 3 is 2.87 bits per heavy atom. The molecule has 0 spiro atoms. The van der Waals surface area contributed by atoms with Gasteiger partial charge in [-0.25, -0.2) is 9.37 Å². The van der Waals surface area contributed by atoms with E-state index in [0.29, 0.717) is 5.75 Å². The number of aromatic nitrogens is 1. The van der Waals surface area contributed by atoms with Crippen LogP contribution < -0.4 is 10.1 Å². The molecule has 0 fully saturated rings. The van der Waals surface area contributed by atoms with Crippen molar-refractivity contribution in [3.05, 3.63) is 42.6 Å². The van der Waals surface area contributed by atoms with Gasteiger partial charge in [0.1, 0.15) is 11.6 Å². The number of hydrogen-bond acceptors (Lipinski definition) is 5. The van der Waals surface area contributed by atoms with Crippen LogP contribution in [0.3, 0.4) is 0 Å². The summed E-state index contributed by atoms with van der Waals surface area (Å²) in [5.74, 6) is 1.51. The van der Waals surface area contributed by atoms with Crippen molar-refractivity contribution in [1.82, 2.24) is 4.98 Å². The lowest BCUT2D eigenvalue weighted by Gasteiger charge is -2.05. The minimum Gasteiger partial charge on any atom is -0.493 e. The van der Waals surface area contributed by atoms with Crippen LogP contribution in [0.2, 0.25) is 0 Å². The molecule has 2 aromatic heterocycles. The van der Waals surface area contributed by atoms with Gasteiger partial charge in [0.25, 0.3) is 0 Å². The van der Waals surface area contributed by atoms with Gasteiger partial charge in [-0.1, -0.05) is 0 Å². The fourth-order valence-electron chi connectivity index (χ4n) is 2.21. The molecule has 2 N–H and O–H groups in total. The standard InChI is InChI=1S/C17H17FN2O2S/c1-19-17-5-3-12(10-20-17)14-8-11-2-4-13(9-15(11)23-14)22-7-6-16(18)21/h2-5,8-10,16,21H,6-7H2,1H3,(H,19,20)/t16-/m1/s1. The fourth-order valence-corrected chi connectivity index (χ4v) is 3.29. The molecular formula is C17H17FN2O2S. The molecule has 1 atom stereocenters. The second-order valence-electron chi connectivity index (χ2n) is 5.06. The highest BCUT2D eigenvalue weighted by molar-refractivity contribution is 7.22. The summed E-state index contributed by atoms with van der Waals surface area (Å²) in [6.45, 7) is 0.150. The average Bonchev–Trinajstić information content (AvgIpc) is 2.98. The molecule has 3 aromatic rings. The Morgan fingerprint density at radius 1 is 1.30 bits per heavy atom. The van der Waals surface area contributed by atoms with Crippen LogP contribution in [0.25, 0.3) is 20.5 Å². The molecule has 1 aromatic carbocycles. The molecule has 4 nitrogen and oxygen atoms in total. The maximum atomic E-state index is 12.4. The first-order chi connectivity index (χ1) is 11.2. The summed E-state index contributed by atoms with van der Waals surface area (Å²) in [5.41, 5.74) is 1.06. The highest BCUT2D eigenvalue weighted by Crippen LogP contribution is 2.35. The molecule has 2 heterocycles. The van der Waals surface area contributed by atoms with E-state index < -0.39 is 6.36 Å². The molecule has 0 amide bonds. The lowest BCUT2D eigenvalue weighted by Crippen LogP contribution is -2.05. The number of fused-ring (bicyclic) bond motifs is 1. The molecule has 0 aliphatic heterocycles. The first-order valence-corrected chi connectivity index (χ1v) is 8.10. The topological polar surface area (TPSA) is 54.4 Å². The van der Waals surface area contributed by atoms with Gasteiger partial charge in [-0.3, -0.25) is 0 Å². The predicted octanol–water partition coefficient (Wildman–Crippen LogP) is 4.06. The van der Waals surface area contributed by atoms with E-state index >= 15 is 0 Å². The number of anilines is 1. The van der Waals surface area contributed by atoms with E-state index in [1.165, 1.54) is 0 Å². The van der Waals surface area contributed by atoms with Crippen LogP contribution in [0.4, 0.5) is 10.2 Å². The summed E-state index contributed by atoms with van der Waals surface area (Å²) >= 11 is 1.65. The van der Waals surface area contributed by atoms with Crippen LogP contribution in [-0.2, 0) is 0 Å². The van der Waals surface area contributed by atoms with Crippen LogP contribution in [0.5, 0.6) is 5.75 Å². The molecular weight excluding hydrogens is 315 g/mol. The maximum absolute atomic E-state index is 12.4. The van der Waals surface area contributed by atoms with E-state index in [1.54, 1.807) is 11.3 Å². The number of nitrogens with zero attached hydrogens (tertiary/aromatic N) is 1. The smallest absolute Gasteiger partial charge is 0.199 e. The van der Waals surface area contributed by atoms with Crippen molar-refractivity contribution in [2.45, 2.75) is 12.8 Å². The average molecular weight is 332 g/mol. The summed E-state index contributed by atoms with van der Waals surface area (Å²) in [5, 5.41) is 12.7. The number of benzene rings is 1. The molecule has 23 heavy (non-hydrogen) atoms. The van der Waals surface area contributed by atoms with Crippen molar-refractivity contribution < 1.29 is 14.2 Å². The van der Waals surface area contributed by atoms with Crippen LogP contribution in [0.1, 0.15) is 6.42 Å². The number of ether oxygens (including phenoxy) is 1. The van der Waals surface area contributed by atoms with Crippen molar-refractivity contribution in [2.24, 2.45) is 0 Å². The number of hydrogen-bond donors (Lipinski definition) is 2. The third-order valence-electron chi connectivity index (χ3n) is 3.42. The van der Waals surface area contributed by atoms with Gasteiger partial charge in [0, 0.05) is 34.8 Å². The van der Waals surface area contributed by atoms with Crippen molar-refractivity contribution in [2.75, 3.05) is 19.0 Å². The molecule has 120 valence electrons. The zero-order valence-corrected chi connectivity index (χ0v) is 13.4. The number of halogens is 1. The van der Waals surface area contributed by atoms with Gasteiger partial charge in [-0.15, -0.1) is 11.3 Å². The first kappa shape index (κ1) is 15.7. The molecule has 0 saturated carbocycles. The third kappa shape index (κ3) is 3.78.